The van der Waals surface area contributed by atoms with Crippen LogP contribution >= 0.6 is 0 Å². The van der Waals surface area contributed by atoms with Crippen LogP contribution in [0.3, 0.4) is 0 Å². The highest BCUT2D eigenvalue weighted by Crippen LogP contribution is 2.16. The van der Waals surface area contributed by atoms with Gasteiger partial charge in [-0.1, -0.05) is 0 Å². The van der Waals surface area contributed by atoms with Crippen LogP contribution in [0.25, 0.3) is 0 Å². The highest BCUT2D eigenvalue weighted by atomic mass is 16.2. The standard InChI is InChI=1S/C6H5N3O/c10-6-4-2-1-3-7-5(4)8-9-6/h1-3,5,7H. The van der Waals surface area contributed by atoms with Crippen molar-refractivity contribution >= 4 is 5.91 Å². The molecule has 10 heavy (non-hydrogen) atoms. The van der Waals surface area contributed by atoms with Gasteiger partial charge in [-0.2, -0.15) is 5.11 Å². The van der Waals surface area contributed by atoms with Crippen molar-refractivity contribution in [1.29, 1.82) is 0 Å². The predicted octanol–water partition coefficient (Wildman–Crippen LogP) is 0.348. The number of fused-ring (bicyclic) bond motifs is 1. The summed E-state index contributed by atoms with van der Waals surface area (Å²) in [4.78, 5) is 10.8. The molecule has 1 atom stereocenters. The van der Waals surface area contributed by atoms with Gasteiger partial charge in [0.25, 0.3) is 5.91 Å². The maximum Gasteiger partial charge on any atom is 0.295 e. The molecular formula is C6H5N3O. The number of azo groups is 1. The molecule has 0 radical (unpaired) electrons. The van der Waals surface area contributed by atoms with Crippen LogP contribution in [0.1, 0.15) is 0 Å². The molecule has 4 heteroatoms. The van der Waals surface area contributed by atoms with Gasteiger partial charge in [-0.25, -0.2) is 0 Å². The second-order valence-corrected chi connectivity index (χ2v) is 2.07. The summed E-state index contributed by atoms with van der Waals surface area (Å²) in [5.74, 6) is -0.234. The molecule has 50 valence electrons. The van der Waals surface area contributed by atoms with E-state index >= 15 is 0 Å². The highest BCUT2D eigenvalue weighted by Gasteiger charge is 2.26. The maximum atomic E-state index is 10.8. The summed E-state index contributed by atoms with van der Waals surface area (Å²) in [6, 6.07) is 0. The molecule has 2 heterocycles. The Hall–Kier alpha value is -1.45. The van der Waals surface area contributed by atoms with E-state index in [4.69, 9.17) is 0 Å². The Morgan fingerprint density at radius 1 is 1.60 bits per heavy atom. The van der Waals surface area contributed by atoms with Gasteiger partial charge >= 0.3 is 0 Å². The van der Waals surface area contributed by atoms with Crippen LogP contribution in [0.4, 0.5) is 0 Å². The third-order valence-corrected chi connectivity index (χ3v) is 1.43. The van der Waals surface area contributed by atoms with Gasteiger partial charge in [-0.15, -0.1) is 5.11 Å². The summed E-state index contributed by atoms with van der Waals surface area (Å²) in [6.45, 7) is 0. The Bertz CT molecular complexity index is 264. The predicted molar refractivity (Wildman–Crippen MR) is 34.0 cm³/mol. The summed E-state index contributed by atoms with van der Waals surface area (Å²) in [6.07, 6.45) is 5.01. The minimum atomic E-state index is -0.234. The zero-order chi connectivity index (χ0) is 6.97. The molecule has 0 saturated heterocycles. The average molecular weight is 135 g/mol. The number of carbonyl (C=O) groups excluding carboxylic acids is 1. The van der Waals surface area contributed by atoms with Crippen LogP contribution in [0.5, 0.6) is 0 Å². The van der Waals surface area contributed by atoms with E-state index in [0.29, 0.717) is 5.57 Å². The van der Waals surface area contributed by atoms with Gasteiger partial charge < -0.3 is 5.32 Å². The molecule has 0 saturated carbocycles. The number of amides is 1. The first-order valence-electron chi connectivity index (χ1n) is 2.96. The van der Waals surface area contributed by atoms with Gasteiger partial charge in [0.2, 0.25) is 0 Å². The van der Waals surface area contributed by atoms with Crippen molar-refractivity contribution in [3.05, 3.63) is 23.9 Å². The average Bonchev–Trinajstić information content (AvgIpc) is 2.34. The van der Waals surface area contributed by atoms with E-state index < -0.39 is 0 Å². The summed E-state index contributed by atoms with van der Waals surface area (Å²) >= 11 is 0. The third-order valence-electron chi connectivity index (χ3n) is 1.43. The van der Waals surface area contributed by atoms with E-state index in [1.165, 1.54) is 0 Å². The Morgan fingerprint density at radius 2 is 2.50 bits per heavy atom. The van der Waals surface area contributed by atoms with Crippen LogP contribution in [0, 0.1) is 0 Å². The molecule has 0 aromatic carbocycles. The smallest absolute Gasteiger partial charge is 0.295 e. The Labute approximate surface area is 57.3 Å². The fourth-order valence-electron chi connectivity index (χ4n) is 0.931. The first kappa shape index (κ1) is 5.34. The number of nitrogens with one attached hydrogen (secondary N) is 1. The van der Waals surface area contributed by atoms with Crippen molar-refractivity contribution in [2.45, 2.75) is 6.17 Å². The van der Waals surface area contributed by atoms with Crippen molar-refractivity contribution in [2.24, 2.45) is 10.2 Å². The summed E-state index contributed by atoms with van der Waals surface area (Å²) in [5, 5.41) is 9.96. The lowest BCUT2D eigenvalue weighted by Crippen LogP contribution is -2.25. The number of carbonyl (C=O) groups is 1. The quantitative estimate of drug-likeness (QED) is 0.521. The molecular weight excluding hydrogens is 130 g/mol. The molecule has 2 rings (SSSR count). The SMILES string of the molecule is O=C1N=NC2NC=CC=C12. The second-order valence-electron chi connectivity index (χ2n) is 2.07. The van der Waals surface area contributed by atoms with Crippen molar-refractivity contribution in [2.75, 3.05) is 0 Å². The van der Waals surface area contributed by atoms with Crippen molar-refractivity contribution in [1.82, 2.24) is 5.32 Å². The lowest BCUT2D eigenvalue weighted by atomic mass is 10.1. The maximum absolute atomic E-state index is 10.8. The molecule has 1 N–H and O–H groups in total. The van der Waals surface area contributed by atoms with Crippen molar-refractivity contribution in [3.8, 4) is 0 Å². The number of hydrogen-bond acceptors (Lipinski definition) is 3. The molecule has 0 bridgehead atoms. The Balaban J connectivity index is 2.40. The number of hydrogen-bond donors (Lipinski definition) is 1. The zero-order valence-corrected chi connectivity index (χ0v) is 5.11. The molecule has 1 amide bonds. The fraction of sp³-hybridized carbons (Fsp3) is 0.167. The minimum absolute atomic E-state index is 0.225. The molecule has 2 aliphatic rings. The molecule has 2 aliphatic heterocycles. The number of nitrogens with zero attached hydrogens (tertiary/aromatic N) is 2. The highest BCUT2D eigenvalue weighted by molar-refractivity contribution is 5.97. The number of rotatable bonds is 0. The number of allylic oxidation sites excluding steroid dienone is 2. The molecule has 0 fully saturated rings. The van der Waals surface area contributed by atoms with E-state index in [2.05, 4.69) is 15.5 Å². The monoisotopic (exact) mass is 135 g/mol. The van der Waals surface area contributed by atoms with Crippen LogP contribution in [-0.4, -0.2) is 12.1 Å². The van der Waals surface area contributed by atoms with E-state index in [0.717, 1.165) is 0 Å². The lowest BCUT2D eigenvalue weighted by Gasteiger charge is -2.08. The molecule has 1 unspecified atom stereocenters. The molecule has 0 spiro atoms. The van der Waals surface area contributed by atoms with Gasteiger partial charge in [-0.3, -0.25) is 4.79 Å². The number of dihydropyridines is 1. The molecule has 0 aromatic rings. The Morgan fingerprint density at radius 3 is 3.30 bits per heavy atom. The summed E-state index contributed by atoms with van der Waals surface area (Å²) in [7, 11) is 0. The topological polar surface area (TPSA) is 53.8 Å². The molecule has 0 aliphatic carbocycles. The van der Waals surface area contributed by atoms with Crippen LogP contribution in [0.15, 0.2) is 34.2 Å². The van der Waals surface area contributed by atoms with Crippen molar-refractivity contribution < 1.29 is 4.79 Å². The van der Waals surface area contributed by atoms with Crippen LogP contribution in [-0.2, 0) is 4.79 Å². The van der Waals surface area contributed by atoms with Crippen molar-refractivity contribution in [3.63, 3.8) is 0 Å². The third kappa shape index (κ3) is 0.586. The van der Waals surface area contributed by atoms with Gasteiger partial charge in [0.1, 0.15) is 0 Å². The molecule has 0 aromatic heterocycles. The van der Waals surface area contributed by atoms with Gasteiger partial charge in [0.15, 0.2) is 6.17 Å². The van der Waals surface area contributed by atoms with Gasteiger partial charge in [0.05, 0.1) is 5.57 Å². The van der Waals surface area contributed by atoms with Gasteiger partial charge in [-0.05, 0) is 18.4 Å². The van der Waals surface area contributed by atoms with E-state index in [9.17, 15) is 4.79 Å². The first-order valence-corrected chi connectivity index (χ1v) is 2.96. The minimum Gasteiger partial charge on any atom is -0.365 e. The van der Waals surface area contributed by atoms with E-state index in [1.807, 2.05) is 0 Å². The summed E-state index contributed by atoms with van der Waals surface area (Å²) < 4.78 is 0. The summed E-state index contributed by atoms with van der Waals surface area (Å²) in [5.41, 5.74) is 0.627. The van der Waals surface area contributed by atoms with Crippen LogP contribution in [0.2, 0.25) is 0 Å². The normalized spacial score (nSPS) is 27.8. The zero-order valence-electron chi connectivity index (χ0n) is 5.11. The fourth-order valence-corrected chi connectivity index (χ4v) is 0.931. The molecule has 4 nitrogen and oxygen atoms in total. The Kier molecular flexibility index (Phi) is 0.943. The second kappa shape index (κ2) is 1.76. The van der Waals surface area contributed by atoms with E-state index in [1.54, 1.807) is 18.4 Å². The van der Waals surface area contributed by atoms with E-state index in [-0.39, 0.29) is 12.1 Å². The lowest BCUT2D eigenvalue weighted by molar-refractivity contribution is -0.114. The van der Waals surface area contributed by atoms with Gasteiger partial charge in [0, 0.05) is 0 Å². The largest absolute Gasteiger partial charge is 0.365 e. The van der Waals surface area contributed by atoms with Crippen LogP contribution < -0.4 is 5.32 Å². The first-order chi connectivity index (χ1) is 4.88.